The van der Waals surface area contributed by atoms with E-state index in [0.717, 1.165) is 13.4 Å². The predicted octanol–water partition coefficient (Wildman–Crippen LogP) is 4.84. The minimum absolute atomic E-state index is 0.104. The molecule has 0 atom stereocenters. The zero-order valence-corrected chi connectivity index (χ0v) is 14.1. The van der Waals surface area contributed by atoms with E-state index in [4.69, 9.17) is 14.3 Å². The van der Waals surface area contributed by atoms with Gasteiger partial charge >= 0.3 is 5.97 Å². The Balaban J connectivity index is 2.12. The van der Waals surface area contributed by atoms with Crippen molar-refractivity contribution in [1.29, 1.82) is 0 Å². The van der Waals surface area contributed by atoms with Crippen molar-refractivity contribution in [2.24, 2.45) is 0 Å². The molecule has 2 rings (SSSR count). The van der Waals surface area contributed by atoms with Crippen molar-refractivity contribution in [3.8, 4) is 5.75 Å². The van der Waals surface area contributed by atoms with E-state index in [1.54, 1.807) is 0 Å². The summed E-state index contributed by atoms with van der Waals surface area (Å²) in [6, 6.07) is 5.14. The van der Waals surface area contributed by atoms with Crippen LogP contribution in [0, 0.1) is 0 Å². The van der Waals surface area contributed by atoms with Crippen LogP contribution in [0.1, 0.15) is 16.1 Å². The summed E-state index contributed by atoms with van der Waals surface area (Å²) in [5, 5.41) is 8.78. The summed E-state index contributed by atoms with van der Waals surface area (Å²) in [5.74, 6) is 0.0385. The first kappa shape index (κ1) is 14.6. The van der Waals surface area contributed by atoms with Gasteiger partial charge in [0, 0.05) is 4.47 Å². The maximum atomic E-state index is 10.7. The molecule has 1 aromatic carbocycles. The quantitative estimate of drug-likeness (QED) is 0.717. The molecule has 0 unspecified atom stereocenters. The number of furan rings is 1. The van der Waals surface area contributed by atoms with Gasteiger partial charge in [0.25, 0.3) is 0 Å². The van der Waals surface area contributed by atoms with E-state index < -0.39 is 5.97 Å². The van der Waals surface area contributed by atoms with Gasteiger partial charge in [0.15, 0.2) is 0 Å². The monoisotopic (exact) mass is 452 g/mol. The molecule has 0 aliphatic rings. The van der Waals surface area contributed by atoms with E-state index in [1.807, 2.05) is 12.1 Å². The molecule has 19 heavy (non-hydrogen) atoms. The number of carbonyl (C=O) groups is 1. The van der Waals surface area contributed by atoms with Crippen molar-refractivity contribution in [2.45, 2.75) is 6.61 Å². The first-order chi connectivity index (χ1) is 8.97. The number of carboxylic acid groups (broad SMARTS) is 1. The Morgan fingerprint density at radius 3 is 2.37 bits per heavy atom. The van der Waals surface area contributed by atoms with E-state index in [9.17, 15) is 4.79 Å². The zero-order chi connectivity index (χ0) is 14.0. The molecule has 1 aromatic heterocycles. The van der Waals surface area contributed by atoms with Gasteiger partial charge in [0.05, 0.1) is 14.5 Å². The largest absolute Gasteiger partial charge is 0.483 e. The molecule has 2 aromatic rings. The third kappa shape index (κ3) is 3.61. The molecule has 1 N–H and O–H groups in total. The van der Waals surface area contributed by atoms with Crippen LogP contribution in [0.2, 0.25) is 0 Å². The minimum Gasteiger partial charge on any atom is -0.483 e. The molecule has 0 aliphatic carbocycles. The number of hydrogen-bond donors (Lipinski definition) is 1. The Hall–Kier alpha value is -0.790. The van der Waals surface area contributed by atoms with E-state index in [2.05, 4.69) is 47.8 Å². The summed E-state index contributed by atoms with van der Waals surface area (Å²) in [4.78, 5) is 10.7. The van der Waals surface area contributed by atoms with Gasteiger partial charge in [-0.2, -0.15) is 0 Å². The number of halogens is 3. The SMILES string of the molecule is O=C(O)c1coc(COc2c(Br)cc(Br)cc2Br)c1. The van der Waals surface area contributed by atoms with E-state index in [-0.39, 0.29) is 12.2 Å². The molecule has 0 bridgehead atoms. The van der Waals surface area contributed by atoms with Gasteiger partial charge < -0.3 is 14.3 Å². The molecule has 0 fully saturated rings. The summed E-state index contributed by atoms with van der Waals surface area (Å²) in [6.45, 7) is 0.145. The molecular weight excluding hydrogens is 448 g/mol. The number of ether oxygens (including phenoxy) is 1. The van der Waals surface area contributed by atoms with Gasteiger partial charge in [-0.25, -0.2) is 4.79 Å². The lowest BCUT2D eigenvalue weighted by Crippen LogP contribution is -1.96. The maximum Gasteiger partial charge on any atom is 0.338 e. The topological polar surface area (TPSA) is 59.7 Å². The molecule has 0 saturated carbocycles. The van der Waals surface area contributed by atoms with E-state index in [0.29, 0.717) is 11.5 Å². The molecule has 4 nitrogen and oxygen atoms in total. The normalized spacial score (nSPS) is 10.5. The molecule has 0 saturated heterocycles. The fourth-order valence-corrected chi connectivity index (χ4v) is 3.87. The van der Waals surface area contributed by atoms with Crippen LogP contribution in [-0.4, -0.2) is 11.1 Å². The molecule has 0 spiro atoms. The average molecular weight is 455 g/mol. The first-order valence-corrected chi connectivity index (χ1v) is 7.43. The highest BCUT2D eigenvalue weighted by molar-refractivity contribution is 9.11. The Kier molecular flexibility index (Phi) is 4.70. The van der Waals surface area contributed by atoms with Crippen molar-refractivity contribution in [3.63, 3.8) is 0 Å². The Bertz CT molecular complexity index is 598. The van der Waals surface area contributed by atoms with Crippen LogP contribution < -0.4 is 4.74 Å². The second kappa shape index (κ2) is 6.11. The Morgan fingerprint density at radius 2 is 1.84 bits per heavy atom. The molecule has 1 heterocycles. The van der Waals surface area contributed by atoms with E-state index >= 15 is 0 Å². The average Bonchev–Trinajstić information content (AvgIpc) is 2.76. The maximum absolute atomic E-state index is 10.7. The van der Waals surface area contributed by atoms with Gasteiger partial charge in [-0.1, -0.05) is 15.9 Å². The minimum atomic E-state index is -1.03. The lowest BCUT2D eigenvalue weighted by Gasteiger charge is -2.09. The molecule has 0 amide bonds. The standard InChI is InChI=1S/C12H7Br3O4/c13-7-2-9(14)11(10(15)3-7)19-5-8-1-6(4-18-8)12(16)17/h1-4H,5H2,(H,16,17). The van der Waals surface area contributed by atoms with Crippen molar-refractivity contribution < 1.29 is 19.1 Å². The third-order valence-electron chi connectivity index (χ3n) is 2.22. The number of hydrogen-bond acceptors (Lipinski definition) is 3. The van der Waals surface area contributed by atoms with Crippen LogP contribution in [0.5, 0.6) is 5.75 Å². The van der Waals surface area contributed by atoms with Gasteiger partial charge in [0.2, 0.25) is 0 Å². The Labute approximate surface area is 134 Å². The second-order valence-electron chi connectivity index (χ2n) is 3.59. The van der Waals surface area contributed by atoms with Crippen molar-refractivity contribution >= 4 is 53.8 Å². The van der Waals surface area contributed by atoms with Gasteiger partial charge in [0.1, 0.15) is 24.4 Å². The lowest BCUT2D eigenvalue weighted by atomic mass is 10.3. The predicted molar refractivity (Wildman–Crippen MR) is 79.5 cm³/mol. The number of rotatable bonds is 4. The van der Waals surface area contributed by atoms with Crippen LogP contribution in [0.3, 0.4) is 0 Å². The summed E-state index contributed by atoms with van der Waals surface area (Å²) >= 11 is 10.1. The molecule has 0 radical (unpaired) electrons. The molecular formula is C12H7Br3O4. The summed E-state index contributed by atoms with van der Waals surface area (Å²) < 4.78 is 13.2. The Morgan fingerprint density at radius 1 is 1.21 bits per heavy atom. The van der Waals surface area contributed by atoms with Crippen LogP contribution >= 0.6 is 47.8 Å². The summed E-state index contributed by atoms with van der Waals surface area (Å²) in [6.07, 6.45) is 1.19. The second-order valence-corrected chi connectivity index (χ2v) is 6.22. The number of benzene rings is 1. The number of aromatic carboxylic acids is 1. The molecule has 7 heteroatoms. The number of carboxylic acids is 1. The van der Waals surface area contributed by atoms with E-state index in [1.165, 1.54) is 12.3 Å². The van der Waals surface area contributed by atoms with Crippen molar-refractivity contribution in [2.75, 3.05) is 0 Å². The molecule has 0 aliphatic heterocycles. The van der Waals surface area contributed by atoms with Crippen molar-refractivity contribution in [1.82, 2.24) is 0 Å². The third-order valence-corrected chi connectivity index (χ3v) is 3.86. The highest BCUT2D eigenvalue weighted by Crippen LogP contribution is 2.36. The fraction of sp³-hybridized carbons (Fsp3) is 0.0833. The highest BCUT2D eigenvalue weighted by Gasteiger charge is 2.12. The van der Waals surface area contributed by atoms with Crippen LogP contribution in [0.15, 0.2) is 42.3 Å². The van der Waals surface area contributed by atoms with Crippen LogP contribution in [-0.2, 0) is 6.61 Å². The molecule has 100 valence electrons. The summed E-state index contributed by atoms with van der Waals surface area (Å²) in [5.41, 5.74) is 0.104. The van der Waals surface area contributed by atoms with Crippen LogP contribution in [0.25, 0.3) is 0 Å². The van der Waals surface area contributed by atoms with Gasteiger partial charge in [-0.05, 0) is 50.1 Å². The van der Waals surface area contributed by atoms with Crippen molar-refractivity contribution in [3.05, 3.63) is 49.2 Å². The van der Waals surface area contributed by atoms with Crippen LogP contribution in [0.4, 0.5) is 0 Å². The zero-order valence-electron chi connectivity index (χ0n) is 9.32. The first-order valence-electron chi connectivity index (χ1n) is 5.05. The highest BCUT2D eigenvalue weighted by atomic mass is 79.9. The fourth-order valence-electron chi connectivity index (χ4n) is 1.38. The lowest BCUT2D eigenvalue weighted by molar-refractivity contribution is 0.0696. The van der Waals surface area contributed by atoms with Gasteiger partial charge in [-0.3, -0.25) is 0 Å². The van der Waals surface area contributed by atoms with Gasteiger partial charge in [-0.15, -0.1) is 0 Å². The smallest absolute Gasteiger partial charge is 0.338 e. The summed E-state index contributed by atoms with van der Waals surface area (Å²) in [7, 11) is 0.